The highest BCUT2D eigenvalue weighted by molar-refractivity contribution is 7.89. The SMILES string of the molecule is O=S(=O)(c1ccccc1F)N1CCCC(O)(c2cn[nH]n2)C1. The molecule has 1 unspecified atom stereocenters. The quantitative estimate of drug-likeness (QED) is 0.861. The summed E-state index contributed by atoms with van der Waals surface area (Å²) in [6.45, 7) is 0.0348. The molecule has 118 valence electrons. The molecule has 0 amide bonds. The van der Waals surface area contributed by atoms with Crippen LogP contribution in [-0.2, 0) is 15.6 Å². The Hall–Kier alpha value is -1.84. The van der Waals surface area contributed by atoms with Crippen LogP contribution >= 0.6 is 0 Å². The number of hydrogen-bond acceptors (Lipinski definition) is 5. The van der Waals surface area contributed by atoms with Gasteiger partial charge in [-0.15, -0.1) is 0 Å². The number of β-amino-alcohol motifs (C(OH)–C–C–N with tert-alkyl or cyclic N) is 1. The van der Waals surface area contributed by atoms with Crippen molar-refractivity contribution in [3.8, 4) is 0 Å². The maximum absolute atomic E-state index is 13.8. The number of aliphatic hydroxyl groups is 1. The van der Waals surface area contributed by atoms with Crippen LogP contribution in [-0.4, -0.2) is 46.3 Å². The van der Waals surface area contributed by atoms with Crippen molar-refractivity contribution in [3.63, 3.8) is 0 Å². The topological polar surface area (TPSA) is 99.2 Å². The first-order valence-electron chi connectivity index (χ1n) is 6.77. The van der Waals surface area contributed by atoms with Crippen molar-refractivity contribution < 1.29 is 17.9 Å². The second-order valence-corrected chi connectivity index (χ2v) is 7.17. The lowest BCUT2D eigenvalue weighted by atomic mass is 9.91. The summed E-state index contributed by atoms with van der Waals surface area (Å²) in [4.78, 5) is -0.389. The Balaban J connectivity index is 1.94. The number of piperidine rings is 1. The van der Waals surface area contributed by atoms with E-state index in [0.717, 1.165) is 10.4 Å². The molecule has 7 nitrogen and oxygen atoms in total. The number of halogens is 1. The minimum absolute atomic E-state index is 0.184. The maximum atomic E-state index is 13.8. The highest BCUT2D eigenvalue weighted by Crippen LogP contribution is 2.33. The largest absolute Gasteiger partial charge is 0.382 e. The van der Waals surface area contributed by atoms with Crippen LogP contribution in [0.5, 0.6) is 0 Å². The standard InChI is InChI=1S/C13H15FN4O3S/c14-10-4-1-2-5-11(10)22(20,21)18-7-3-6-13(19,9-18)12-8-15-17-16-12/h1-2,4-5,8,19H,3,6-7,9H2,(H,15,16,17). The van der Waals surface area contributed by atoms with Gasteiger partial charge in [0.05, 0.1) is 6.20 Å². The van der Waals surface area contributed by atoms with Gasteiger partial charge in [-0.05, 0) is 25.0 Å². The number of sulfonamides is 1. The van der Waals surface area contributed by atoms with E-state index >= 15 is 0 Å². The van der Waals surface area contributed by atoms with E-state index in [9.17, 15) is 17.9 Å². The summed E-state index contributed by atoms with van der Waals surface area (Å²) < 4.78 is 40.1. The number of aromatic amines is 1. The van der Waals surface area contributed by atoms with Crippen LogP contribution in [0.15, 0.2) is 35.4 Å². The molecule has 0 radical (unpaired) electrons. The molecular weight excluding hydrogens is 311 g/mol. The summed E-state index contributed by atoms with van der Waals surface area (Å²) in [7, 11) is -4.01. The van der Waals surface area contributed by atoms with Crippen LogP contribution in [0.3, 0.4) is 0 Å². The van der Waals surface area contributed by atoms with Gasteiger partial charge in [-0.1, -0.05) is 12.1 Å². The number of nitrogens with zero attached hydrogens (tertiary/aromatic N) is 3. The van der Waals surface area contributed by atoms with E-state index in [2.05, 4.69) is 15.4 Å². The van der Waals surface area contributed by atoms with Crippen LogP contribution < -0.4 is 0 Å². The molecule has 2 aromatic rings. The van der Waals surface area contributed by atoms with Crippen LogP contribution in [0.25, 0.3) is 0 Å². The third-order valence-corrected chi connectivity index (χ3v) is 5.66. The van der Waals surface area contributed by atoms with Crippen molar-refractivity contribution in [2.75, 3.05) is 13.1 Å². The summed E-state index contributed by atoms with van der Waals surface area (Å²) in [5.74, 6) is -0.807. The average Bonchev–Trinajstić information content (AvgIpc) is 3.02. The molecule has 0 spiro atoms. The molecule has 22 heavy (non-hydrogen) atoms. The summed E-state index contributed by atoms with van der Waals surface area (Å²) >= 11 is 0. The molecule has 9 heteroatoms. The Bertz CT molecular complexity index is 765. The predicted molar refractivity (Wildman–Crippen MR) is 74.7 cm³/mol. The Morgan fingerprint density at radius 3 is 2.82 bits per heavy atom. The first-order chi connectivity index (χ1) is 10.4. The van der Waals surface area contributed by atoms with Crippen LogP contribution in [0.1, 0.15) is 18.5 Å². The first kappa shape index (κ1) is 15.1. The zero-order chi connectivity index (χ0) is 15.8. The van der Waals surface area contributed by atoms with Gasteiger partial charge in [0.2, 0.25) is 10.0 Å². The van der Waals surface area contributed by atoms with Crippen LogP contribution in [0.2, 0.25) is 0 Å². The lowest BCUT2D eigenvalue weighted by Crippen LogP contribution is -2.48. The zero-order valence-electron chi connectivity index (χ0n) is 11.6. The lowest BCUT2D eigenvalue weighted by Gasteiger charge is -2.37. The maximum Gasteiger partial charge on any atom is 0.246 e. The van der Waals surface area contributed by atoms with E-state index in [1.807, 2.05) is 0 Å². The minimum atomic E-state index is -4.01. The molecule has 1 aromatic carbocycles. The lowest BCUT2D eigenvalue weighted by molar-refractivity contribution is -0.0162. The van der Waals surface area contributed by atoms with E-state index in [-0.39, 0.29) is 23.7 Å². The second kappa shape index (κ2) is 5.41. The predicted octanol–water partition coefficient (Wildman–Crippen LogP) is 0.616. The number of hydrogen-bond donors (Lipinski definition) is 2. The molecule has 0 saturated carbocycles. The molecule has 0 aliphatic carbocycles. The summed E-state index contributed by atoms with van der Waals surface area (Å²) in [6, 6.07) is 5.20. The van der Waals surface area contributed by atoms with Crippen LogP contribution in [0, 0.1) is 5.82 Å². The zero-order valence-corrected chi connectivity index (χ0v) is 12.4. The normalized spacial score (nSPS) is 23.5. The number of nitrogens with one attached hydrogen (secondary N) is 1. The molecule has 0 bridgehead atoms. The van der Waals surface area contributed by atoms with Gasteiger partial charge in [0.25, 0.3) is 0 Å². The molecular formula is C13H15FN4O3S. The van der Waals surface area contributed by atoms with E-state index in [0.29, 0.717) is 12.8 Å². The summed E-state index contributed by atoms with van der Waals surface area (Å²) in [6.07, 6.45) is 2.17. The van der Waals surface area contributed by atoms with Gasteiger partial charge >= 0.3 is 0 Å². The van der Waals surface area contributed by atoms with Gasteiger partial charge in [-0.3, -0.25) is 0 Å². The molecule has 1 aromatic heterocycles. The average molecular weight is 326 g/mol. The minimum Gasteiger partial charge on any atom is -0.382 e. The van der Waals surface area contributed by atoms with E-state index < -0.39 is 21.4 Å². The molecule has 3 rings (SSSR count). The molecule has 2 heterocycles. The van der Waals surface area contributed by atoms with E-state index in [4.69, 9.17) is 0 Å². The van der Waals surface area contributed by atoms with Gasteiger partial charge < -0.3 is 5.11 Å². The smallest absolute Gasteiger partial charge is 0.246 e. The molecule has 1 aliphatic heterocycles. The number of rotatable bonds is 3. The van der Waals surface area contributed by atoms with Gasteiger partial charge in [0.15, 0.2) is 0 Å². The highest BCUT2D eigenvalue weighted by atomic mass is 32.2. The Morgan fingerprint density at radius 1 is 1.36 bits per heavy atom. The molecule has 2 N–H and O–H groups in total. The Morgan fingerprint density at radius 2 is 2.14 bits per heavy atom. The monoisotopic (exact) mass is 326 g/mol. The van der Waals surface area contributed by atoms with Crippen molar-refractivity contribution in [2.24, 2.45) is 0 Å². The molecule has 1 fully saturated rings. The van der Waals surface area contributed by atoms with Gasteiger partial charge in [0, 0.05) is 13.1 Å². The third-order valence-electron chi connectivity index (χ3n) is 3.78. The fourth-order valence-electron chi connectivity index (χ4n) is 2.63. The summed E-state index contributed by atoms with van der Waals surface area (Å²) in [5, 5.41) is 20.5. The summed E-state index contributed by atoms with van der Waals surface area (Å²) in [5.41, 5.74) is -1.15. The first-order valence-corrected chi connectivity index (χ1v) is 8.21. The van der Waals surface area contributed by atoms with Gasteiger partial charge in [-0.2, -0.15) is 19.7 Å². The molecule has 1 saturated heterocycles. The third kappa shape index (κ3) is 2.51. The van der Waals surface area contributed by atoms with Crippen molar-refractivity contribution in [2.45, 2.75) is 23.3 Å². The van der Waals surface area contributed by atoms with Crippen molar-refractivity contribution in [1.82, 2.24) is 19.7 Å². The fraction of sp³-hybridized carbons (Fsp3) is 0.385. The Labute approximate surface area is 126 Å². The highest BCUT2D eigenvalue weighted by Gasteiger charge is 2.42. The van der Waals surface area contributed by atoms with Crippen molar-refractivity contribution >= 4 is 10.0 Å². The number of H-pyrrole nitrogens is 1. The van der Waals surface area contributed by atoms with Crippen molar-refractivity contribution in [3.05, 3.63) is 42.0 Å². The van der Waals surface area contributed by atoms with Gasteiger partial charge in [0.1, 0.15) is 22.0 Å². The van der Waals surface area contributed by atoms with Crippen LogP contribution in [0.4, 0.5) is 4.39 Å². The Kier molecular flexibility index (Phi) is 3.71. The number of benzene rings is 1. The van der Waals surface area contributed by atoms with Crippen molar-refractivity contribution in [1.29, 1.82) is 0 Å². The second-order valence-electron chi connectivity index (χ2n) is 5.26. The van der Waals surface area contributed by atoms with E-state index in [1.165, 1.54) is 24.4 Å². The fourth-order valence-corrected chi connectivity index (χ4v) is 4.23. The number of aromatic nitrogens is 3. The van der Waals surface area contributed by atoms with Gasteiger partial charge in [-0.25, -0.2) is 12.8 Å². The molecule has 1 aliphatic rings. The molecule has 1 atom stereocenters. The van der Waals surface area contributed by atoms with E-state index in [1.54, 1.807) is 0 Å².